The maximum absolute atomic E-state index is 6.11. The van der Waals surface area contributed by atoms with Crippen LogP contribution in [0.5, 0.6) is 0 Å². The molecular weight excluding hydrogens is 186 g/mol. The third-order valence-electron chi connectivity index (χ3n) is 2.56. The highest BCUT2D eigenvalue weighted by Crippen LogP contribution is 2.22. The van der Waals surface area contributed by atoms with Crippen LogP contribution in [-0.4, -0.2) is 9.55 Å². The van der Waals surface area contributed by atoms with Crippen LogP contribution >= 0.6 is 0 Å². The van der Waals surface area contributed by atoms with Gasteiger partial charge in [0.1, 0.15) is 11.6 Å². The van der Waals surface area contributed by atoms with E-state index in [2.05, 4.69) is 37.2 Å². The Morgan fingerprint density at radius 3 is 2.40 bits per heavy atom. The fourth-order valence-corrected chi connectivity index (χ4v) is 1.86. The normalized spacial score (nSPS) is 11.3. The van der Waals surface area contributed by atoms with Gasteiger partial charge >= 0.3 is 0 Å². The molecule has 3 heteroatoms. The van der Waals surface area contributed by atoms with Gasteiger partial charge in [0.25, 0.3) is 0 Å². The minimum Gasteiger partial charge on any atom is -0.384 e. The van der Waals surface area contributed by atoms with Gasteiger partial charge in [-0.25, -0.2) is 4.98 Å². The number of imidazole rings is 1. The maximum atomic E-state index is 6.11. The zero-order chi connectivity index (χ0) is 11.4. The van der Waals surface area contributed by atoms with Crippen LogP contribution in [0.25, 0.3) is 0 Å². The molecule has 0 amide bonds. The van der Waals surface area contributed by atoms with E-state index in [4.69, 9.17) is 5.73 Å². The van der Waals surface area contributed by atoms with Crippen LogP contribution in [-0.2, 0) is 13.0 Å². The summed E-state index contributed by atoms with van der Waals surface area (Å²) in [4.78, 5) is 4.66. The monoisotopic (exact) mass is 209 g/mol. The molecule has 0 aliphatic heterocycles. The molecule has 1 aromatic rings. The van der Waals surface area contributed by atoms with E-state index in [0.29, 0.717) is 5.92 Å². The van der Waals surface area contributed by atoms with Crippen molar-refractivity contribution in [3.05, 3.63) is 11.5 Å². The lowest BCUT2D eigenvalue weighted by Gasteiger charge is -2.10. The molecule has 3 nitrogen and oxygen atoms in total. The van der Waals surface area contributed by atoms with Crippen LogP contribution in [0.1, 0.15) is 58.0 Å². The quantitative estimate of drug-likeness (QED) is 0.810. The molecule has 2 N–H and O–H groups in total. The summed E-state index contributed by atoms with van der Waals surface area (Å²) in [6.45, 7) is 9.65. The number of nitrogens with two attached hydrogens (primary N) is 1. The summed E-state index contributed by atoms with van der Waals surface area (Å²) >= 11 is 0. The molecule has 0 fully saturated rings. The Labute approximate surface area is 92.7 Å². The van der Waals surface area contributed by atoms with Gasteiger partial charge in [-0.2, -0.15) is 0 Å². The minimum absolute atomic E-state index is 0.449. The minimum atomic E-state index is 0.449. The lowest BCUT2D eigenvalue weighted by molar-refractivity contribution is 0.616. The molecule has 15 heavy (non-hydrogen) atoms. The highest BCUT2D eigenvalue weighted by molar-refractivity contribution is 5.39. The predicted octanol–water partition coefficient (Wildman–Crippen LogP) is 2.95. The molecule has 0 aromatic carbocycles. The molecule has 0 atom stereocenters. The first-order valence-corrected chi connectivity index (χ1v) is 5.96. The first-order valence-electron chi connectivity index (χ1n) is 5.96. The van der Waals surface area contributed by atoms with Gasteiger partial charge in [0.15, 0.2) is 0 Å². The Kier molecular flexibility index (Phi) is 4.18. The van der Waals surface area contributed by atoms with Crippen molar-refractivity contribution in [1.29, 1.82) is 0 Å². The molecule has 0 unspecified atom stereocenters. The molecule has 0 aliphatic carbocycles. The van der Waals surface area contributed by atoms with Gasteiger partial charge in [-0.15, -0.1) is 0 Å². The highest BCUT2D eigenvalue weighted by atomic mass is 15.1. The van der Waals surface area contributed by atoms with Crippen molar-refractivity contribution in [2.45, 2.75) is 59.4 Å². The number of hydrogen-bond acceptors (Lipinski definition) is 2. The molecule has 0 aliphatic rings. The predicted molar refractivity (Wildman–Crippen MR) is 65.0 cm³/mol. The average molecular weight is 209 g/mol. The molecule has 0 spiro atoms. The van der Waals surface area contributed by atoms with E-state index in [1.807, 2.05) is 0 Å². The van der Waals surface area contributed by atoms with E-state index in [0.717, 1.165) is 43.1 Å². The summed E-state index contributed by atoms with van der Waals surface area (Å²) in [5.74, 6) is 2.46. The Bertz CT molecular complexity index is 313. The van der Waals surface area contributed by atoms with Crippen LogP contribution in [0, 0.1) is 0 Å². The van der Waals surface area contributed by atoms with Crippen molar-refractivity contribution in [2.75, 3.05) is 5.73 Å². The molecule has 0 radical (unpaired) electrons. The zero-order valence-corrected chi connectivity index (χ0v) is 10.4. The van der Waals surface area contributed by atoms with Crippen LogP contribution in [0.3, 0.4) is 0 Å². The molecule has 0 saturated heterocycles. The van der Waals surface area contributed by atoms with Gasteiger partial charge in [-0.05, 0) is 12.8 Å². The van der Waals surface area contributed by atoms with E-state index in [1.54, 1.807) is 0 Å². The van der Waals surface area contributed by atoms with E-state index in [9.17, 15) is 0 Å². The van der Waals surface area contributed by atoms with Crippen molar-refractivity contribution in [3.63, 3.8) is 0 Å². The molecule has 1 aromatic heterocycles. The van der Waals surface area contributed by atoms with Crippen molar-refractivity contribution < 1.29 is 0 Å². The second-order valence-electron chi connectivity index (χ2n) is 4.36. The number of hydrogen-bond donors (Lipinski definition) is 1. The van der Waals surface area contributed by atoms with E-state index >= 15 is 0 Å². The van der Waals surface area contributed by atoms with Crippen LogP contribution in [0.2, 0.25) is 0 Å². The van der Waals surface area contributed by atoms with Crippen molar-refractivity contribution in [2.24, 2.45) is 0 Å². The fraction of sp³-hybridized carbons (Fsp3) is 0.750. The summed E-state index contributed by atoms with van der Waals surface area (Å²) in [5.41, 5.74) is 7.19. The number of anilines is 1. The molecule has 0 saturated carbocycles. The van der Waals surface area contributed by atoms with Gasteiger partial charge in [0, 0.05) is 12.5 Å². The SMILES string of the molecule is CCCc1nc(C(C)C)n(CCC)c1N. The van der Waals surface area contributed by atoms with Crippen molar-refractivity contribution >= 4 is 5.82 Å². The van der Waals surface area contributed by atoms with E-state index in [-0.39, 0.29) is 0 Å². The number of nitrogens with zero attached hydrogens (tertiary/aromatic N) is 2. The first kappa shape index (κ1) is 12.1. The van der Waals surface area contributed by atoms with Gasteiger partial charge in [-0.1, -0.05) is 34.1 Å². The van der Waals surface area contributed by atoms with E-state index in [1.165, 1.54) is 0 Å². The lowest BCUT2D eigenvalue weighted by Crippen LogP contribution is -2.08. The molecule has 1 heterocycles. The summed E-state index contributed by atoms with van der Waals surface area (Å²) in [7, 11) is 0. The Balaban J connectivity index is 3.08. The first-order chi connectivity index (χ1) is 7.11. The fourth-order valence-electron chi connectivity index (χ4n) is 1.86. The topological polar surface area (TPSA) is 43.8 Å². The Hall–Kier alpha value is -0.990. The molecular formula is C12H23N3. The smallest absolute Gasteiger partial charge is 0.126 e. The third kappa shape index (κ3) is 2.52. The van der Waals surface area contributed by atoms with E-state index < -0.39 is 0 Å². The number of rotatable bonds is 5. The van der Waals surface area contributed by atoms with Crippen molar-refractivity contribution in [1.82, 2.24) is 9.55 Å². The second kappa shape index (κ2) is 5.19. The van der Waals surface area contributed by atoms with Crippen LogP contribution in [0.4, 0.5) is 5.82 Å². The zero-order valence-electron chi connectivity index (χ0n) is 10.4. The number of aryl methyl sites for hydroxylation is 1. The molecule has 1 rings (SSSR count). The van der Waals surface area contributed by atoms with Crippen LogP contribution in [0.15, 0.2) is 0 Å². The standard InChI is InChI=1S/C12H23N3/c1-5-7-10-11(13)15(8-6-2)12(14-10)9(3)4/h9H,5-8,13H2,1-4H3. The Morgan fingerprint density at radius 1 is 1.27 bits per heavy atom. The van der Waals surface area contributed by atoms with Gasteiger partial charge < -0.3 is 10.3 Å². The largest absolute Gasteiger partial charge is 0.384 e. The summed E-state index contributed by atoms with van der Waals surface area (Å²) in [6.07, 6.45) is 3.19. The van der Waals surface area contributed by atoms with Crippen molar-refractivity contribution in [3.8, 4) is 0 Å². The third-order valence-corrected chi connectivity index (χ3v) is 2.56. The summed E-state index contributed by atoms with van der Waals surface area (Å²) in [5, 5.41) is 0. The lowest BCUT2D eigenvalue weighted by atomic mass is 10.2. The average Bonchev–Trinajstić information content (AvgIpc) is 2.48. The second-order valence-corrected chi connectivity index (χ2v) is 4.36. The van der Waals surface area contributed by atoms with Gasteiger partial charge in [0.2, 0.25) is 0 Å². The maximum Gasteiger partial charge on any atom is 0.126 e. The van der Waals surface area contributed by atoms with Crippen LogP contribution < -0.4 is 5.73 Å². The Morgan fingerprint density at radius 2 is 1.93 bits per heavy atom. The molecule has 86 valence electrons. The number of nitrogen functional groups attached to an aromatic ring is 1. The summed E-state index contributed by atoms with van der Waals surface area (Å²) < 4.78 is 2.18. The summed E-state index contributed by atoms with van der Waals surface area (Å²) in [6, 6.07) is 0. The molecule has 0 bridgehead atoms. The van der Waals surface area contributed by atoms with Gasteiger partial charge in [0.05, 0.1) is 5.69 Å². The number of aromatic nitrogens is 2. The van der Waals surface area contributed by atoms with Gasteiger partial charge in [-0.3, -0.25) is 0 Å². The highest BCUT2D eigenvalue weighted by Gasteiger charge is 2.15.